The van der Waals surface area contributed by atoms with E-state index in [0.717, 1.165) is 31.7 Å². The number of aryl methyl sites for hydroxylation is 2. The number of halogens is 1. The highest BCUT2D eigenvalue weighted by molar-refractivity contribution is 6.32. The maximum Gasteiger partial charge on any atom is 0.337 e. The summed E-state index contributed by atoms with van der Waals surface area (Å²) < 4.78 is 4.50. The maximum absolute atomic E-state index is 14.0. The number of hydrogen-bond donors (Lipinski definition) is 1. The third kappa shape index (κ3) is 3.46. The molecule has 5 rings (SSSR count). The Hall–Kier alpha value is -3.36. The van der Waals surface area contributed by atoms with Crippen molar-refractivity contribution >= 4 is 28.7 Å². The van der Waals surface area contributed by atoms with Gasteiger partial charge in [0, 0.05) is 33.2 Å². The molecule has 170 valence electrons. The van der Waals surface area contributed by atoms with E-state index in [0.29, 0.717) is 39.9 Å². The van der Waals surface area contributed by atoms with Crippen LogP contribution in [0.3, 0.4) is 0 Å². The van der Waals surface area contributed by atoms with E-state index < -0.39 is 11.2 Å². The molecular formula is C24H25ClN6O2. The lowest BCUT2D eigenvalue weighted by Gasteiger charge is -2.28. The van der Waals surface area contributed by atoms with Gasteiger partial charge in [0.1, 0.15) is 0 Å². The fourth-order valence-electron chi connectivity index (χ4n) is 4.43. The first kappa shape index (κ1) is 21.5. The molecule has 2 aromatic heterocycles. The van der Waals surface area contributed by atoms with Gasteiger partial charge in [0.05, 0.1) is 16.4 Å². The second kappa shape index (κ2) is 8.53. The Bertz CT molecular complexity index is 1460. The Morgan fingerprint density at radius 3 is 2.33 bits per heavy atom. The fourth-order valence-corrected chi connectivity index (χ4v) is 4.66. The van der Waals surface area contributed by atoms with Gasteiger partial charge in [0.15, 0.2) is 11.2 Å². The number of nitrogens with zero attached hydrogens (tertiary/aromatic N) is 5. The first-order valence-corrected chi connectivity index (χ1v) is 11.4. The van der Waals surface area contributed by atoms with Gasteiger partial charge < -0.3 is 10.2 Å². The third-order valence-electron chi connectivity index (χ3n) is 6.15. The van der Waals surface area contributed by atoms with Crippen molar-refractivity contribution in [1.82, 2.24) is 24.0 Å². The van der Waals surface area contributed by atoms with Crippen LogP contribution in [0.15, 0.2) is 58.1 Å². The highest BCUT2D eigenvalue weighted by Gasteiger charge is 2.27. The van der Waals surface area contributed by atoms with E-state index in [1.807, 2.05) is 43.3 Å². The summed E-state index contributed by atoms with van der Waals surface area (Å²) in [4.78, 5) is 34.3. The molecule has 0 saturated carbocycles. The topological polar surface area (TPSA) is 77.1 Å². The lowest BCUT2D eigenvalue weighted by Crippen LogP contribution is -2.44. The highest BCUT2D eigenvalue weighted by Crippen LogP contribution is 2.29. The Kier molecular flexibility index (Phi) is 5.55. The van der Waals surface area contributed by atoms with Gasteiger partial charge in [-0.3, -0.25) is 13.9 Å². The molecule has 0 unspecified atom stereocenters. The molecule has 1 saturated heterocycles. The number of anilines is 1. The molecule has 0 atom stereocenters. The Labute approximate surface area is 195 Å². The number of piperazine rings is 1. The summed E-state index contributed by atoms with van der Waals surface area (Å²) >= 11 is 6.60. The fraction of sp³-hybridized carbons (Fsp3) is 0.292. The van der Waals surface area contributed by atoms with Crippen LogP contribution in [0.25, 0.3) is 22.5 Å². The summed E-state index contributed by atoms with van der Waals surface area (Å²) in [5, 5.41) is 3.84. The van der Waals surface area contributed by atoms with Gasteiger partial charge in [-0.2, -0.15) is 4.98 Å². The molecule has 33 heavy (non-hydrogen) atoms. The number of aromatic nitrogens is 4. The molecule has 2 aromatic carbocycles. The van der Waals surface area contributed by atoms with E-state index in [1.54, 1.807) is 23.7 Å². The molecule has 1 fully saturated rings. The standard InChI is InChI=1S/C24H25ClN6O2/c1-3-16-8-4-6-10-18(16)31-22(32)20-21(28(2)24(31)33)27-23(29-14-12-26-13-15-29)30(20)19-11-7-5-9-17(19)25/h4-11,26H,3,12-15H2,1-2H3. The molecule has 1 N–H and O–H groups in total. The van der Waals surface area contributed by atoms with Crippen LogP contribution in [-0.4, -0.2) is 44.9 Å². The van der Waals surface area contributed by atoms with Crippen LogP contribution in [-0.2, 0) is 13.5 Å². The van der Waals surface area contributed by atoms with Crippen molar-refractivity contribution in [1.29, 1.82) is 0 Å². The number of fused-ring (bicyclic) bond motifs is 1. The number of hydrogen-bond acceptors (Lipinski definition) is 5. The van der Waals surface area contributed by atoms with Crippen LogP contribution in [0.2, 0.25) is 5.02 Å². The zero-order chi connectivity index (χ0) is 23.1. The molecule has 0 radical (unpaired) electrons. The van der Waals surface area contributed by atoms with Crippen molar-refractivity contribution in [2.45, 2.75) is 13.3 Å². The quantitative estimate of drug-likeness (QED) is 0.502. The second-order valence-electron chi connectivity index (χ2n) is 8.07. The van der Waals surface area contributed by atoms with Crippen LogP contribution in [0.1, 0.15) is 12.5 Å². The van der Waals surface area contributed by atoms with E-state index in [-0.39, 0.29) is 0 Å². The van der Waals surface area contributed by atoms with E-state index in [9.17, 15) is 9.59 Å². The van der Waals surface area contributed by atoms with Gasteiger partial charge in [-0.05, 0) is 30.2 Å². The predicted octanol–water partition coefficient (Wildman–Crippen LogP) is 2.50. The van der Waals surface area contributed by atoms with Crippen LogP contribution in [0.4, 0.5) is 5.95 Å². The molecule has 0 bridgehead atoms. The molecule has 0 spiro atoms. The van der Waals surface area contributed by atoms with Crippen molar-refractivity contribution in [3.05, 3.63) is 80.0 Å². The average Bonchev–Trinajstić information content (AvgIpc) is 3.25. The Morgan fingerprint density at radius 1 is 0.970 bits per heavy atom. The monoisotopic (exact) mass is 464 g/mol. The first-order chi connectivity index (χ1) is 16.0. The van der Waals surface area contributed by atoms with Gasteiger partial charge in [-0.15, -0.1) is 0 Å². The van der Waals surface area contributed by atoms with E-state index >= 15 is 0 Å². The molecule has 0 amide bonds. The number of nitrogens with one attached hydrogen (secondary N) is 1. The number of para-hydroxylation sites is 2. The van der Waals surface area contributed by atoms with Gasteiger partial charge in [0.2, 0.25) is 5.95 Å². The lowest BCUT2D eigenvalue weighted by atomic mass is 10.1. The third-order valence-corrected chi connectivity index (χ3v) is 6.47. The van der Waals surface area contributed by atoms with Gasteiger partial charge >= 0.3 is 5.69 Å². The first-order valence-electron chi connectivity index (χ1n) is 11.1. The summed E-state index contributed by atoms with van der Waals surface area (Å²) in [6.07, 6.45) is 0.694. The summed E-state index contributed by atoms with van der Waals surface area (Å²) in [7, 11) is 1.65. The summed E-state index contributed by atoms with van der Waals surface area (Å²) in [5.41, 5.74) is 1.98. The summed E-state index contributed by atoms with van der Waals surface area (Å²) in [6.45, 7) is 5.07. The van der Waals surface area contributed by atoms with Gasteiger partial charge in [0.25, 0.3) is 5.56 Å². The van der Waals surface area contributed by atoms with Crippen molar-refractivity contribution in [3.8, 4) is 11.4 Å². The summed E-state index contributed by atoms with van der Waals surface area (Å²) in [5.74, 6) is 0.605. The minimum absolute atomic E-state index is 0.324. The van der Waals surface area contributed by atoms with E-state index in [1.165, 1.54) is 9.13 Å². The minimum Gasteiger partial charge on any atom is -0.339 e. The van der Waals surface area contributed by atoms with Crippen LogP contribution < -0.4 is 21.5 Å². The molecule has 3 heterocycles. The van der Waals surface area contributed by atoms with E-state index in [2.05, 4.69) is 10.2 Å². The smallest absolute Gasteiger partial charge is 0.337 e. The molecular weight excluding hydrogens is 440 g/mol. The maximum atomic E-state index is 14.0. The van der Waals surface area contributed by atoms with Crippen molar-refractivity contribution in [2.24, 2.45) is 7.05 Å². The number of rotatable bonds is 4. The molecule has 1 aliphatic heterocycles. The van der Waals surface area contributed by atoms with Crippen molar-refractivity contribution < 1.29 is 0 Å². The molecule has 0 aliphatic carbocycles. The van der Waals surface area contributed by atoms with Crippen LogP contribution in [0.5, 0.6) is 0 Å². The number of imidazole rings is 1. The average molecular weight is 465 g/mol. The molecule has 9 heteroatoms. The normalized spacial score (nSPS) is 14.2. The SMILES string of the molecule is CCc1ccccc1-n1c(=O)c2c(nc(N3CCNCC3)n2-c2ccccc2Cl)n(C)c1=O. The van der Waals surface area contributed by atoms with E-state index in [4.69, 9.17) is 16.6 Å². The molecule has 1 aliphatic rings. The Morgan fingerprint density at radius 2 is 1.64 bits per heavy atom. The molecule has 4 aromatic rings. The summed E-state index contributed by atoms with van der Waals surface area (Å²) in [6, 6.07) is 14.9. The van der Waals surface area contributed by atoms with Crippen LogP contribution in [0, 0.1) is 0 Å². The van der Waals surface area contributed by atoms with Crippen molar-refractivity contribution in [3.63, 3.8) is 0 Å². The van der Waals surface area contributed by atoms with Crippen LogP contribution >= 0.6 is 11.6 Å². The largest absolute Gasteiger partial charge is 0.339 e. The van der Waals surface area contributed by atoms with Gasteiger partial charge in [-0.1, -0.05) is 48.9 Å². The predicted molar refractivity (Wildman–Crippen MR) is 131 cm³/mol. The number of benzene rings is 2. The highest BCUT2D eigenvalue weighted by atomic mass is 35.5. The Balaban J connectivity index is 1.92. The minimum atomic E-state index is -0.427. The zero-order valence-electron chi connectivity index (χ0n) is 18.6. The second-order valence-corrected chi connectivity index (χ2v) is 8.48. The molecule has 8 nitrogen and oxygen atoms in total. The van der Waals surface area contributed by atoms with Crippen molar-refractivity contribution in [2.75, 3.05) is 31.1 Å². The lowest BCUT2D eigenvalue weighted by molar-refractivity contribution is 0.578. The van der Waals surface area contributed by atoms with Gasteiger partial charge in [-0.25, -0.2) is 9.36 Å². The zero-order valence-corrected chi connectivity index (χ0v) is 19.3.